The summed E-state index contributed by atoms with van der Waals surface area (Å²) in [5.41, 5.74) is -0.590. The first-order valence-electron chi connectivity index (χ1n) is 8.51. The predicted octanol–water partition coefficient (Wildman–Crippen LogP) is 4.53. The predicted molar refractivity (Wildman–Crippen MR) is 91.0 cm³/mol. The van der Waals surface area contributed by atoms with Gasteiger partial charge >= 0.3 is 146 Å². The Kier molecular flexibility index (Phi) is 9.25. The minimum absolute atomic E-state index is 0.487. The molecule has 0 saturated heterocycles. The molecule has 0 unspecified atom stereocenters. The summed E-state index contributed by atoms with van der Waals surface area (Å²) in [4.78, 5) is 0. The van der Waals surface area contributed by atoms with Crippen molar-refractivity contribution in [3.05, 3.63) is 0 Å². The minimum atomic E-state index is -4.93. The van der Waals surface area contributed by atoms with Gasteiger partial charge in [-0.15, -0.1) is 0 Å². The Labute approximate surface area is 145 Å². The number of hydrogen-bond acceptors (Lipinski definition) is 4. The topological polar surface area (TPSA) is 58.9 Å². The zero-order valence-corrected chi connectivity index (χ0v) is 19.5. The van der Waals surface area contributed by atoms with Crippen molar-refractivity contribution in [2.45, 2.75) is 86.0 Å². The third-order valence-electron chi connectivity index (χ3n) is 3.13. The van der Waals surface area contributed by atoms with Crippen LogP contribution in [-0.2, 0) is 27.3 Å². The fourth-order valence-electron chi connectivity index (χ4n) is 3.31. The average Bonchev–Trinajstić information content (AvgIpc) is 2.05. The normalized spacial score (nSPS) is 14.5. The molecule has 134 valence electrons. The van der Waals surface area contributed by atoms with Gasteiger partial charge in [0.2, 0.25) is 0 Å². The molecule has 0 radical (unpaired) electrons. The number of hydrogen-bond donors (Lipinski definition) is 2. The van der Waals surface area contributed by atoms with Crippen LogP contribution in [0.4, 0.5) is 0 Å². The Morgan fingerprint density at radius 3 is 1.36 bits per heavy atom. The fraction of sp³-hybridized carbons (Fsp3) is 1.00. The molecular weight excluding hydrogens is 375 g/mol. The van der Waals surface area contributed by atoms with Crippen LogP contribution in [0.25, 0.3) is 0 Å². The van der Waals surface area contributed by atoms with Crippen LogP contribution in [-0.4, -0.2) is 20.3 Å². The second-order valence-corrected chi connectivity index (χ2v) is 17.3. The molecule has 0 aliphatic heterocycles. The van der Waals surface area contributed by atoms with E-state index in [0.29, 0.717) is 17.8 Å². The quantitative estimate of drug-likeness (QED) is 0.545. The van der Waals surface area contributed by atoms with Crippen molar-refractivity contribution in [3.63, 3.8) is 0 Å². The molecule has 22 heavy (non-hydrogen) atoms. The molecule has 0 heterocycles. The van der Waals surface area contributed by atoms with Crippen LogP contribution in [0.1, 0.15) is 62.3 Å². The van der Waals surface area contributed by atoms with Gasteiger partial charge in [0.25, 0.3) is 0 Å². The van der Waals surface area contributed by atoms with E-state index in [2.05, 4.69) is 41.5 Å². The van der Waals surface area contributed by atoms with Gasteiger partial charge in [0, 0.05) is 0 Å². The van der Waals surface area contributed by atoms with E-state index in [9.17, 15) is 6.37 Å². The van der Waals surface area contributed by atoms with Crippen molar-refractivity contribution in [3.8, 4) is 0 Å². The zero-order valence-electron chi connectivity index (χ0n) is 16.1. The molecule has 0 bridgehead atoms. The Morgan fingerprint density at radius 2 is 1.14 bits per heavy atom. The Bertz CT molecular complexity index is 298. The van der Waals surface area contributed by atoms with Crippen LogP contribution >= 0.6 is 0 Å². The van der Waals surface area contributed by atoms with Gasteiger partial charge in [-0.2, -0.15) is 0 Å². The van der Waals surface area contributed by atoms with E-state index in [0.717, 1.165) is 18.1 Å². The van der Waals surface area contributed by atoms with E-state index in [1.165, 1.54) is 0 Å². The van der Waals surface area contributed by atoms with E-state index < -0.39 is 35.9 Å². The summed E-state index contributed by atoms with van der Waals surface area (Å²) >= 11 is -4.93. The van der Waals surface area contributed by atoms with E-state index in [1.54, 1.807) is 0 Å². The van der Waals surface area contributed by atoms with Gasteiger partial charge in [-0.1, -0.05) is 0 Å². The molecule has 0 aromatic rings. The van der Waals surface area contributed by atoms with Crippen LogP contribution in [0.15, 0.2) is 0 Å². The second-order valence-electron chi connectivity index (χ2n) is 8.84. The van der Waals surface area contributed by atoms with Gasteiger partial charge in [0.1, 0.15) is 0 Å². The molecule has 2 N–H and O–H groups in total. The molecule has 0 aliphatic rings. The fourth-order valence-corrected chi connectivity index (χ4v) is 17.4. The summed E-state index contributed by atoms with van der Waals surface area (Å²) in [6.07, 6.45) is 0. The molecule has 0 rings (SSSR count). The summed E-state index contributed by atoms with van der Waals surface area (Å²) in [5.74, 6) is 1.46. The third kappa shape index (κ3) is 10.7. The third-order valence-corrected chi connectivity index (χ3v) is 15.8. The maximum atomic E-state index is 10.5. The Balaban J connectivity index is 5.41. The molecule has 0 aromatic carbocycles. The van der Waals surface area contributed by atoms with E-state index in [-0.39, 0.29) is 0 Å². The van der Waals surface area contributed by atoms with E-state index in [4.69, 9.17) is 5.32 Å². The Hall–Kier alpha value is 0.940. The van der Waals surface area contributed by atoms with Gasteiger partial charge in [0.05, 0.1) is 0 Å². The maximum absolute atomic E-state index is 10.5. The van der Waals surface area contributed by atoms with Crippen molar-refractivity contribution in [1.82, 2.24) is 0 Å². The zero-order chi connectivity index (χ0) is 17.8. The van der Waals surface area contributed by atoms with Gasteiger partial charge in [-0.25, -0.2) is 0 Å². The van der Waals surface area contributed by atoms with Crippen molar-refractivity contribution in [2.75, 3.05) is 0 Å². The van der Waals surface area contributed by atoms with Gasteiger partial charge in [0.15, 0.2) is 0 Å². The van der Waals surface area contributed by atoms with Crippen molar-refractivity contribution in [1.29, 1.82) is 0 Å². The van der Waals surface area contributed by atoms with Crippen molar-refractivity contribution >= 4 is 8.32 Å². The molecule has 4 nitrogen and oxygen atoms in total. The molecule has 0 atom stereocenters. The van der Waals surface area contributed by atoms with Gasteiger partial charge in [-0.3, -0.25) is 0 Å². The van der Waals surface area contributed by atoms with E-state index in [1.807, 2.05) is 20.8 Å². The average molecular weight is 414 g/mol. The molecule has 6 heteroatoms. The first kappa shape index (κ1) is 22.9. The van der Waals surface area contributed by atoms with Crippen LogP contribution < -0.4 is 0 Å². The monoisotopic (exact) mass is 412 g/mol. The SMILES string of the molecule is CC(C)C[Si](CC(C)C)(CC(C)C)[O][Zr]([OH])([OH])[O]C(C)(C)C. The second kappa shape index (κ2) is 8.87. The van der Waals surface area contributed by atoms with Crippen molar-refractivity contribution < 1.29 is 33.7 Å². The van der Waals surface area contributed by atoms with Crippen LogP contribution in [0.5, 0.6) is 0 Å². The first-order valence-corrected chi connectivity index (χ1v) is 15.2. The number of rotatable bonds is 9. The molecular formula is C16H38O4SiZr. The molecule has 0 amide bonds. The van der Waals surface area contributed by atoms with Gasteiger partial charge in [-0.05, 0) is 0 Å². The molecule has 0 saturated carbocycles. The molecule has 0 fully saturated rings. The standard InChI is InChI=1S/C12H27OSi.C4H9O.2H2O.Zr/c1-10(2)7-14(13,8-11(3)4)9-12(5)6;1-4(2,3)5;;;/h10-12H,7-9H2,1-6H3;1-3H3;2*1H2;/q2*-1;;;+4/p-2. The summed E-state index contributed by atoms with van der Waals surface area (Å²) in [7, 11) is -2.25. The van der Waals surface area contributed by atoms with Crippen molar-refractivity contribution in [2.24, 2.45) is 17.8 Å². The van der Waals surface area contributed by atoms with Crippen LogP contribution in [0.3, 0.4) is 0 Å². The van der Waals surface area contributed by atoms with Crippen LogP contribution in [0.2, 0.25) is 18.1 Å². The molecule has 0 aliphatic carbocycles. The summed E-state index contributed by atoms with van der Waals surface area (Å²) in [6.45, 7) is 18.6. The summed E-state index contributed by atoms with van der Waals surface area (Å²) < 4.78 is 32.7. The Morgan fingerprint density at radius 1 is 0.818 bits per heavy atom. The first-order chi connectivity index (χ1) is 9.66. The van der Waals surface area contributed by atoms with Crippen LogP contribution in [0, 0.1) is 17.8 Å². The van der Waals surface area contributed by atoms with Gasteiger partial charge < -0.3 is 0 Å². The molecule has 0 aromatic heterocycles. The summed E-state index contributed by atoms with van der Waals surface area (Å²) in [5, 5.41) is 0. The van der Waals surface area contributed by atoms with E-state index >= 15 is 0 Å². The molecule has 0 spiro atoms. The summed E-state index contributed by atoms with van der Waals surface area (Å²) in [6, 6.07) is 2.87.